The number of aromatic hydroxyl groups is 1. The highest BCUT2D eigenvalue weighted by Crippen LogP contribution is 2.15. The van der Waals surface area contributed by atoms with Crippen LogP contribution in [0.25, 0.3) is 0 Å². The largest absolute Gasteiger partial charge is 0.508 e. The minimum atomic E-state index is -1.40. The van der Waals surface area contributed by atoms with Crippen LogP contribution in [0.2, 0.25) is 0 Å². The van der Waals surface area contributed by atoms with Gasteiger partial charge >= 0.3 is 17.9 Å². The van der Waals surface area contributed by atoms with Gasteiger partial charge in [0.2, 0.25) is 29.5 Å². The van der Waals surface area contributed by atoms with Crippen molar-refractivity contribution in [2.24, 2.45) is 0 Å². The van der Waals surface area contributed by atoms with Gasteiger partial charge in [-0.05, 0) is 49.8 Å². The van der Waals surface area contributed by atoms with Gasteiger partial charge in [-0.1, -0.05) is 89.2 Å². The van der Waals surface area contributed by atoms with E-state index in [9.17, 15) is 58.5 Å². The Morgan fingerprint density at radius 2 is 0.873 bits per heavy atom. The van der Waals surface area contributed by atoms with Crippen LogP contribution in [0.3, 0.4) is 0 Å². The highest BCUT2D eigenvalue weighted by molar-refractivity contribution is 5.86. The molecule has 0 aliphatic carbocycles. The molecule has 0 saturated heterocycles. The van der Waals surface area contributed by atoms with E-state index >= 15 is 0 Å². The topological polar surface area (TPSA) is 332 Å². The summed E-state index contributed by atoms with van der Waals surface area (Å²) in [6.45, 7) is 0.618. The lowest BCUT2D eigenvalue weighted by Gasteiger charge is -2.17. The number of benzene rings is 1. The number of ether oxygens (including phenoxy) is 4. The molecule has 0 bridgehead atoms. The van der Waals surface area contributed by atoms with E-state index in [1.54, 1.807) is 12.1 Å². The average Bonchev–Trinajstić information content (AvgIpc) is 3.33. The lowest BCUT2D eigenvalue weighted by molar-refractivity contribution is -0.143. The second kappa shape index (κ2) is 42.0. The molecule has 2 unspecified atom stereocenters. The molecular formula is C49H79N5O17. The SMILES string of the molecule is O=CC(Cc1ccc(O)cc1)NC(=O)COCCOCCNC(=O)COCCOCCNC(=O)CC[C@H](NC(=O)CCC(NC(=O)CCCCCCCCCCCCCCCCC(=O)O)C(=O)O)C(=O)O. The number of carboxylic acid groups (broad SMARTS) is 3. The van der Waals surface area contributed by atoms with Crippen molar-refractivity contribution in [3.8, 4) is 5.75 Å². The molecule has 0 radical (unpaired) electrons. The molecule has 0 fully saturated rings. The third-order valence-electron chi connectivity index (χ3n) is 10.9. The summed E-state index contributed by atoms with van der Waals surface area (Å²) >= 11 is 0. The highest BCUT2D eigenvalue weighted by atomic mass is 16.5. The van der Waals surface area contributed by atoms with Crippen molar-refractivity contribution in [2.45, 2.75) is 153 Å². The first-order chi connectivity index (χ1) is 34.2. The Morgan fingerprint density at radius 1 is 0.465 bits per heavy atom. The molecule has 22 nitrogen and oxygen atoms in total. The second-order valence-electron chi connectivity index (χ2n) is 17.0. The summed E-state index contributed by atoms with van der Waals surface area (Å²) in [5, 5.41) is 49.7. The first-order valence-electron chi connectivity index (χ1n) is 24.8. The molecule has 1 aromatic rings. The predicted molar refractivity (Wildman–Crippen MR) is 258 cm³/mol. The van der Waals surface area contributed by atoms with Crippen molar-refractivity contribution in [2.75, 3.05) is 65.9 Å². The van der Waals surface area contributed by atoms with Crippen molar-refractivity contribution in [1.29, 1.82) is 0 Å². The molecular weight excluding hydrogens is 931 g/mol. The average molecular weight is 1010 g/mol. The van der Waals surface area contributed by atoms with E-state index in [-0.39, 0.29) is 123 Å². The molecule has 71 heavy (non-hydrogen) atoms. The van der Waals surface area contributed by atoms with Gasteiger partial charge in [0.25, 0.3) is 0 Å². The third-order valence-corrected chi connectivity index (χ3v) is 10.9. The Bertz CT molecular complexity index is 1700. The van der Waals surface area contributed by atoms with E-state index in [2.05, 4.69) is 26.6 Å². The number of carbonyl (C=O) groups is 9. The van der Waals surface area contributed by atoms with Gasteiger partial charge < -0.3 is 70.8 Å². The van der Waals surface area contributed by atoms with Crippen LogP contribution in [0.1, 0.15) is 134 Å². The fraction of sp³-hybridized carbons (Fsp3) is 0.694. The summed E-state index contributed by atoms with van der Waals surface area (Å²) in [5.41, 5.74) is 0.769. The molecule has 0 saturated carbocycles. The van der Waals surface area contributed by atoms with E-state index in [0.717, 1.165) is 63.4 Å². The summed E-state index contributed by atoms with van der Waals surface area (Å²) < 4.78 is 21.2. The van der Waals surface area contributed by atoms with Gasteiger partial charge in [-0.15, -0.1) is 0 Å². The summed E-state index contributed by atoms with van der Waals surface area (Å²) in [5.74, 6) is -5.82. The van der Waals surface area contributed by atoms with Gasteiger partial charge in [0.1, 0.15) is 37.3 Å². The number of hydrogen-bond donors (Lipinski definition) is 9. The first kappa shape index (κ1) is 63.3. The Labute approximate surface area is 416 Å². The van der Waals surface area contributed by atoms with Gasteiger partial charge in [0.05, 0.1) is 45.7 Å². The highest BCUT2D eigenvalue weighted by Gasteiger charge is 2.24. The fourth-order valence-corrected chi connectivity index (χ4v) is 6.98. The standard InChI is InChI=1S/C49H79N5O17/c55-34-38(33-37-17-19-39(56)20-18-37)52-46(61)36-71-32-30-69-28-26-51-45(60)35-70-31-29-68-27-25-50-42(57)23-21-40(48(64)65)54-44(59)24-22-41(49(66)67)53-43(58)15-13-11-9-7-5-3-1-2-4-6-8-10-12-14-16-47(62)63/h17-20,34,38,40-41,56H,1-16,21-33,35-36H2,(H,50,57)(H,51,60)(H,52,61)(H,53,58)(H,54,59)(H,62,63)(H,64,65)(H,66,67)/t38?,40-,41?/m0/s1. The Morgan fingerprint density at radius 3 is 1.34 bits per heavy atom. The van der Waals surface area contributed by atoms with Crippen LogP contribution >= 0.6 is 0 Å². The van der Waals surface area contributed by atoms with Gasteiger partial charge in [-0.3, -0.25) is 28.8 Å². The van der Waals surface area contributed by atoms with E-state index < -0.39 is 59.7 Å². The normalized spacial score (nSPS) is 12.2. The molecule has 0 aliphatic rings. The van der Waals surface area contributed by atoms with E-state index in [0.29, 0.717) is 12.7 Å². The summed E-state index contributed by atoms with van der Waals surface area (Å²) in [4.78, 5) is 107. The zero-order chi connectivity index (χ0) is 52.3. The predicted octanol–water partition coefficient (Wildman–Crippen LogP) is 2.94. The van der Waals surface area contributed by atoms with Crippen molar-refractivity contribution in [3.05, 3.63) is 29.8 Å². The molecule has 0 heterocycles. The number of rotatable bonds is 47. The maximum absolute atomic E-state index is 12.5. The van der Waals surface area contributed by atoms with Gasteiger partial charge in [-0.25, -0.2) is 9.59 Å². The first-order valence-corrected chi connectivity index (χ1v) is 24.8. The summed E-state index contributed by atoms with van der Waals surface area (Å²) in [6, 6.07) is 2.83. The molecule has 0 spiro atoms. The molecule has 0 aliphatic heterocycles. The maximum Gasteiger partial charge on any atom is 0.326 e. The molecule has 402 valence electrons. The van der Waals surface area contributed by atoms with Crippen LogP contribution in [0.15, 0.2) is 24.3 Å². The lowest BCUT2D eigenvalue weighted by atomic mass is 10.0. The molecule has 9 N–H and O–H groups in total. The summed E-state index contributed by atoms with van der Waals surface area (Å²) in [6.07, 6.45) is 14.7. The number of phenolic OH excluding ortho intramolecular Hbond substituents is 1. The number of carboxylic acids is 3. The van der Waals surface area contributed by atoms with Crippen molar-refractivity contribution in [3.63, 3.8) is 0 Å². The molecule has 22 heteroatoms. The second-order valence-corrected chi connectivity index (χ2v) is 17.0. The number of aldehydes is 1. The van der Waals surface area contributed by atoms with Crippen LogP contribution < -0.4 is 26.6 Å². The van der Waals surface area contributed by atoms with E-state index in [1.165, 1.54) is 37.8 Å². The third kappa shape index (κ3) is 37.7. The Hall–Kier alpha value is -5.71. The van der Waals surface area contributed by atoms with Crippen LogP contribution in [0.5, 0.6) is 5.75 Å². The number of nitrogens with one attached hydrogen (secondary N) is 5. The Kier molecular flexibility index (Phi) is 37.5. The van der Waals surface area contributed by atoms with Gasteiger partial charge in [0, 0.05) is 38.8 Å². The quantitative estimate of drug-likeness (QED) is 0.0335. The van der Waals surface area contributed by atoms with E-state index in [1.807, 2.05) is 0 Å². The maximum atomic E-state index is 12.5. The Balaban J connectivity index is 2.05. The number of carbonyl (C=O) groups excluding carboxylic acids is 6. The van der Waals surface area contributed by atoms with Crippen molar-refractivity contribution in [1.82, 2.24) is 26.6 Å². The zero-order valence-electron chi connectivity index (χ0n) is 41.1. The van der Waals surface area contributed by atoms with Crippen molar-refractivity contribution < 1.29 is 82.5 Å². The monoisotopic (exact) mass is 1010 g/mol. The lowest BCUT2D eigenvalue weighted by Crippen LogP contribution is -2.44. The molecule has 3 atom stereocenters. The van der Waals surface area contributed by atoms with Gasteiger partial charge in [-0.2, -0.15) is 0 Å². The molecule has 5 amide bonds. The van der Waals surface area contributed by atoms with Crippen LogP contribution in [-0.4, -0.2) is 158 Å². The fourth-order valence-electron chi connectivity index (χ4n) is 6.98. The van der Waals surface area contributed by atoms with Crippen LogP contribution in [-0.2, 0) is 68.5 Å². The molecule has 1 rings (SSSR count). The number of unbranched alkanes of at least 4 members (excludes halogenated alkanes) is 13. The smallest absolute Gasteiger partial charge is 0.326 e. The summed E-state index contributed by atoms with van der Waals surface area (Å²) in [7, 11) is 0. The minimum absolute atomic E-state index is 0.0956. The zero-order valence-corrected chi connectivity index (χ0v) is 41.1. The number of phenols is 1. The minimum Gasteiger partial charge on any atom is -0.508 e. The number of aliphatic carboxylic acids is 3. The molecule has 0 aromatic heterocycles. The van der Waals surface area contributed by atoms with Crippen LogP contribution in [0.4, 0.5) is 0 Å². The van der Waals surface area contributed by atoms with Crippen molar-refractivity contribution >= 4 is 53.7 Å². The molecule has 1 aromatic carbocycles. The number of amides is 5. The van der Waals surface area contributed by atoms with E-state index in [4.69, 9.17) is 24.1 Å². The van der Waals surface area contributed by atoms with Gasteiger partial charge in [0.15, 0.2) is 0 Å². The van der Waals surface area contributed by atoms with Crippen LogP contribution in [0, 0.1) is 0 Å². The number of hydrogen-bond acceptors (Lipinski definition) is 14.